The van der Waals surface area contributed by atoms with Gasteiger partial charge in [-0.1, -0.05) is 12.8 Å². The van der Waals surface area contributed by atoms with Gasteiger partial charge >= 0.3 is 0 Å². The van der Waals surface area contributed by atoms with Crippen LogP contribution in [-0.2, 0) is 0 Å². The summed E-state index contributed by atoms with van der Waals surface area (Å²) in [6.45, 7) is 0. The molecule has 0 aliphatic heterocycles. The topological polar surface area (TPSA) is 125 Å². The molecule has 0 radical (unpaired) electrons. The maximum atomic E-state index is 10.8. The number of non-ortho nitro benzene ring substituents is 1. The molecule has 9 nitrogen and oxygen atoms in total. The second-order valence-corrected chi connectivity index (χ2v) is 6.12. The molecule has 2 heterocycles. The molecule has 0 unspecified atom stereocenters. The van der Waals surface area contributed by atoms with Gasteiger partial charge in [-0.15, -0.1) is 0 Å². The molecule has 4 rings (SSSR count). The molecule has 25 heavy (non-hydrogen) atoms. The number of nitrogen functional groups attached to an aromatic ring is 1. The fourth-order valence-corrected chi connectivity index (χ4v) is 3.27. The van der Waals surface area contributed by atoms with Gasteiger partial charge in [0, 0.05) is 23.9 Å². The summed E-state index contributed by atoms with van der Waals surface area (Å²) < 4.78 is 2.07. The van der Waals surface area contributed by atoms with Crippen LogP contribution in [0.25, 0.3) is 11.2 Å². The minimum Gasteiger partial charge on any atom is -0.368 e. The fourth-order valence-electron chi connectivity index (χ4n) is 3.27. The Morgan fingerprint density at radius 2 is 1.92 bits per heavy atom. The van der Waals surface area contributed by atoms with Gasteiger partial charge in [0.25, 0.3) is 5.69 Å². The molecule has 1 aliphatic rings. The lowest BCUT2D eigenvalue weighted by Crippen LogP contribution is -2.07. The number of nitro benzene ring substituents is 1. The number of nitro groups is 1. The monoisotopic (exact) mass is 339 g/mol. The quantitative estimate of drug-likeness (QED) is 0.552. The van der Waals surface area contributed by atoms with Gasteiger partial charge in [-0.3, -0.25) is 10.1 Å². The van der Waals surface area contributed by atoms with Crippen molar-refractivity contribution < 1.29 is 4.92 Å². The maximum Gasteiger partial charge on any atom is 0.269 e. The Balaban J connectivity index is 1.70. The SMILES string of the molecule is Nc1nc(Nc2ccc([N+](=O)[O-])cc2)c2ncn(C3CCCC3)c2n1. The first-order valence-corrected chi connectivity index (χ1v) is 8.13. The van der Waals surface area contributed by atoms with E-state index in [0.717, 1.165) is 12.8 Å². The molecule has 128 valence electrons. The third kappa shape index (κ3) is 2.84. The van der Waals surface area contributed by atoms with Gasteiger partial charge in [-0.05, 0) is 25.0 Å². The summed E-state index contributed by atoms with van der Waals surface area (Å²) in [6, 6.07) is 6.50. The van der Waals surface area contributed by atoms with Crippen LogP contribution >= 0.6 is 0 Å². The second kappa shape index (κ2) is 6.00. The molecular formula is C16H17N7O2. The van der Waals surface area contributed by atoms with Crippen molar-refractivity contribution in [3.8, 4) is 0 Å². The molecule has 0 saturated heterocycles. The zero-order valence-corrected chi connectivity index (χ0v) is 13.4. The molecule has 1 fully saturated rings. The molecule has 0 amide bonds. The Labute approximate surface area is 143 Å². The highest BCUT2D eigenvalue weighted by atomic mass is 16.6. The summed E-state index contributed by atoms with van der Waals surface area (Å²) in [4.78, 5) is 23.4. The summed E-state index contributed by atoms with van der Waals surface area (Å²) in [5.74, 6) is 0.657. The lowest BCUT2D eigenvalue weighted by molar-refractivity contribution is -0.384. The Hall–Kier alpha value is -3.23. The summed E-state index contributed by atoms with van der Waals surface area (Å²) in [6.07, 6.45) is 6.42. The summed E-state index contributed by atoms with van der Waals surface area (Å²) in [5, 5.41) is 13.9. The Kier molecular flexibility index (Phi) is 3.68. The lowest BCUT2D eigenvalue weighted by atomic mass is 10.2. The molecule has 1 aliphatic carbocycles. The van der Waals surface area contributed by atoms with Crippen molar-refractivity contribution in [2.45, 2.75) is 31.7 Å². The highest BCUT2D eigenvalue weighted by molar-refractivity contribution is 5.86. The molecule has 3 N–H and O–H groups in total. The van der Waals surface area contributed by atoms with Crippen LogP contribution in [-0.4, -0.2) is 24.4 Å². The number of nitrogens with two attached hydrogens (primary N) is 1. The van der Waals surface area contributed by atoms with Gasteiger partial charge in [0.15, 0.2) is 17.0 Å². The number of hydrogen-bond donors (Lipinski definition) is 2. The van der Waals surface area contributed by atoms with Crippen LogP contribution < -0.4 is 11.1 Å². The molecule has 3 aromatic rings. The Morgan fingerprint density at radius 1 is 1.20 bits per heavy atom. The summed E-state index contributed by atoms with van der Waals surface area (Å²) >= 11 is 0. The number of fused-ring (bicyclic) bond motifs is 1. The third-order valence-corrected chi connectivity index (χ3v) is 4.50. The predicted molar refractivity (Wildman–Crippen MR) is 93.6 cm³/mol. The van der Waals surface area contributed by atoms with E-state index in [1.165, 1.54) is 25.0 Å². The van der Waals surface area contributed by atoms with Crippen molar-refractivity contribution in [1.82, 2.24) is 19.5 Å². The number of hydrogen-bond acceptors (Lipinski definition) is 7. The van der Waals surface area contributed by atoms with Crippen molar-refractivity contribution in [2.75, 3.05) is 11.1 Å². The standard InChI is InChI=1S/C16H17N7O2/c17-16-20-14(19-10-5-7-12(8-6-10)23(24)25)13-15(21-16)22(9-18-13)11-3-1-2-4-11/h5-9,11H,1-4H2,(H3,17,19,20,21). The van der Waals surface area contributed by atoms with E-state index in [-0.39, 0.29) is 11.6 Å². The van der Waals surface area contributed by atoms with E-state index in [1.54, 1.807) is 18.5 Å². The zero-order chi connectivity index (χ0) is 17.4. The van der Waals surface area contributed by atoms with Crippen molar-refractivity contribution in [1.29, 1.82) is 0 Å². The van der Waals surface area contributed by atoms with Gasteiger partial charge in [0.1, 0.15) is 0 Å². The Bertz CT molecular complexity index is 930. The van der Waals surface area contributed by atoms with Gasteiger partial charge < -0.3 is 15.6 Å². The van der Waals surface area contributed by atoms with Gasteiger partial charge in [0.05, 0.1) is 11.3 Å². The molecule has 0 atom stereocenters. The normalized spacial score (nSPS) is 14.9. The lowest BCUT2D eigenvalue weighted by Gasteiger charge is -2.12. The maximum absolute atomic E-state index is 10.8. The highest BCUT2D eigenvalue weighted by Gasteiger charge is 2.21. The van der Waals surface area contributed by atoms with Crippen LogP contribution in [0.15, 0.2) is 30.6 Å². The van der Waals surface area contributed by atoms with Crippen molar-refractivity contribution in [2.24, 2.45) is 0 Å². The molecule has 1 aromatic carbocycles. The first-order valence-electron chi connectivity index (χ1n) is 8.13. The highest BCUT2D eigenvalue weighted by Crippen LogP contribution is 2.33. The average molecular weight is 339 g/mol. The van der Waals surface area contributed by atoms with Gasteiger partial charge in [-0.25, -0.2) is 4.98 Å². The molecule has 1 saturated carbocycles. The molecular weight excluding hydrogens is 322 g/mol. The first-order chi connectivity index (χ1) is 12.1. The average Bonchev–Trinajstić information content (AvgIpc) is 3.24. The predicted octanol–water partition coefficient (Wildman–Crippen LogP) is 3.18. The van der Waals surface area contributed by atoms with Gasteiger partial charge in [0.2, 0.25) is 5.95 Å². The first kappa shape index (κ1) is 15.3. The second-order valence-electron chi connectivity index (χ2n) is 6.12. The number of nitrogens with one attached hydrogen (secondary N) is 1. The van der Waals surface area contributed by atoms with E-state index in [1.807, 2.05) is 0 Å². The van der Waals surface area contributed by atoms with E-state index in [0.29, 0.717) is 28.7 Å². The summed E-state index contributed by atoms with van der Waals surface area (Å²) in [5.41, 5.74) is 7.92. The number of nitrogens with zero attached hydrogens (tertiary/aromatic N) is 5. The van der Waals surface area contributed by atoms with Gasteiger partial charge in [-0.2, -0.15) is 9.97 Å². The molecule has 0 bridgehead atoms. The fraction of sp³-hybridized carbons (Fsp3) is 0.312. The number of imidazole rings is 1. The molecule has 0 spiro atoms. The number of benzene rings is 1. The Morgan fingerprint density at radius 3 is 2.60 bits per heavy atom. The van der Waals surface area contributed by atoms with Crippen molar-refractivity contribution in [3.63, 3.8) is 0 Å². The van der Waals surface area contributed by atoms with Crippen LogP contribution in [0.4, 0.5) is 23.1 Å². The smallest absolute Gasteiger partial charge is 0.269 e. The minimum absolute atomic E-state index is 0.0309. The van der Waals surface area contributed by atoms with Crippen LogP contribution in [0.2, 0.25) is 0 Å². The number of rotatable bonds is 4. The zero-order valence-electron chi connectivity index (χ0n) is 13.4. The van der Waals surface area contributed by atoms with E-state index >= 15 is 0 Å². The van der Waals surface area contributed by atoms with E-state index in [4.69, 9.17) is 5.73 Å². The summed E-state index contributed by atoms with van der Waals surface area (Å²) in [7, 11) is 0. The van der Waals surface area contributed by atoms with Crippen molar-refractivity contribution in [3.05, 3.63) is 40.7 Å². The molecule has 2 aromatic heterocycles. The minimum atomic E-state index is -0.437. The van der Waals surface area contributed by atoms with Crippen LogP contribution in [0.5, 0.6) is 0 Å². The van der Waals surface area contributed by atoms with E-state index in [2.05, 4.69) is 24.8 Å². The van der Waals surface area contributed by atoms with Crippen LogP contribution in [0.3, 0.4) is 0 Å². The third-order valence-electron chi connectivity index (χ3n) is 4.50. The van der Waals surface area contributed by atoms with Crippen LogP contribution in [0.1, 0.15) is 31.7 Å². The van der Waals surface area contributed by atoms with Crippen molar-refractivity contribution >= 4 is 34.3 Å². The van der Waals surface area contributed by atoms with E-state index in [9.17, 15) is 10.1 Å². The van der Waals surface area contributed by atoms with E-state index < -0.39 is 4.92 Å². The van der Waals surface area contributed by atoms with Crippen LogP contribution in [0, 0.1) is 10.1 Å². The molecule has 9 heteroatoms. The number of aromatic nitrogens is 4. The number of anilines is 3. The largest absolute Gasteiger partial charge is 0.368 e.